The van der Waals surface area contributed by atoms with Crippen LogP contribution < -0.4 is 14.8 Å². The summed E-state index contributed by atoms with van der Waals surface area (Å²) in [6.07, 6.45) is 0. The van der Waals surface area contributed by atoms with E-state index in [9.17, 15) is 9.59 Å². The van der Waals surface area contributed by atoms with E-state index in [1.807, 2.05) is 69.5 Å². The van der Waals surface area contributed by atoms with Gasteiger partial charge in [0.1, 0.15) is 6.04 Å². The molecule has 1 atom stereocenters. The van der Waals surface area contributed by atoms with Gasteiger partial charge in [0.05, 0.1) is 20.8 Å². The molecule has 34 heavy (non-hydrogen) atoms. The van der Waals surface area contributed by atoms with Crippen LogP contribution in [0.1, 0.15) is 53.2 Å². The number of carbonyl (C=O) groups is 2. The van der Waals surface area contributed by atoms with Crippen molar-refractivity contribution in [3.05, 3.63) is 81.5 Å². The van der Waals surface area contributed by atoms with Crippen LogP contribution in [0.5, 0.6) is 11.5 Å². The van der Waals surface area contributed by atoms with Crippen molar-refractivity contribution in [3.63, 3.8) is 0 Å². The maximum atomic E-state index is 13.9. The zero-order valence-corrected chi connectivity index (χ0v) is 21.4. The molecule has 3 rings (SSSR count). The fourth-order valence-electron chi connectivity index (χ4n) is 3.65. The van der Waals surface area contributed by atoms with Crippen LogP contribution in [0.4, 0.5) is 0 Å². The molecule has 0 saturated carbocycles. The van der Waals surface area contributed by atoms with Gasteiger partial charge in [-0.3, -0.25) is 9.59 Å². The maximum Gasteiger partial charge on any atom is 0.255 e. The predicted octanol–water partition coefficient (Wildman–Crippen LogP) is 5.37. The fraction of sp³-hybridized carbons (Fsp3) is 0.333. The number of amides is 2. The van der Waals surface area contributed by atoms with Crippen LogP contribution in [-0.2, 0) is 11.3 Å². The van der Waals surface area contributed by atoms with Gasteiger partial charge in [0.15, 0.2) is 11.5 Å². The van der Waals surface area contributed by atoms with E-state index in [1.165, 1.54) is 7.11 Å². The van der Waals surface area contributed by atoms with Gasteiger partial charge >= 0.3 is 0 Å². The van der Waals surface area contributed by atoms with Gasteiger partial charge in [-0.25, -0.2) is 0 Å². The van der Waals surface area contributed by atoms with Gasteiger partial charge in [-0.1, -0.05) is 35.9 Å². The topological polar surface area (TPSA) is 67.9 Å². The molecule has 0 fully saturated rings. The highest BCUT2D eigenvalue weighted by molar-refractivity contribution is 7.09. The second-order valence-corrected chi connectivity index (χ2v) is 10.2. The number of thiophene rings is 1. The van der Waals surface area contributed by atoms with Crippen molar-refractivity contribution in [1.82, 2.24) is 10.2 Å². The zero-order chi connectivity index (χ0) is 24.9. The van der Waals surface area contributed by atoms with Crippen LogP contribution in [0.2, 0.25) is 0 Å². The lowest BCUT2D eigenvalue weighted by Gasteiger charge is -2.33. The third-order valence-electron chi connectivity index (χ3n) is 5.25. The van der Waals surface area contributed by atoms with E-state index in [2.05, 4.69) is 5.32 Å². The summed E-state index contributed by atoms with van der Waals surface area (Å²) in [6, 6.07) is 15.9. The highest BCUT2D eigenvalue weighted by atomic mass is 32.1. The number of nitrogens with zero attached hydrogens (tertiary/aromatic N) is 1. The van der Waals surface area contributed by atoms with E-state index in [-0.39, 0.29) is 11.8 Å². The van der Waals surface area contributed by atoms with E-state index >= 15 is 0 Å². The number of benzene rings is 2. The molecule has 0 bridgehead atoms. The summed E-state index contributed by atoms with van der Waals surface area (Å²) in [5.41, 5.74) is 1.78. The number of rotatable bonds is 8. The monoisotopic (exact) mass is 480 g/mol. The smallest absolute Gasteiger partial charge is 0.255 e. The molecule has 1 aromatic heterocycles. The van der Waals surface area contributed by atoms with Crippen LogP contribution in [-0.4, -0.2) is 36.5 Å². The molecular weight excluding hydrogens is 448 g/mol. The summed E-state index contributed by atoms with van der Waals surface area (Å²) in [5.74, 6) is 0.477. The SMILES string of the molecule is COc1ccc(C(=O)N(Cc2cccs2)C(C(=O)NC(C)(C)C)c2ccc(C)cc2)cc1OC. The highest BCUT2D eigenvalue weighted by Gasteiger charge is 2.34. The molecule has 0 saturated heterocycles. The quantitative estimate of drug-likeness (QED) is 0.471. The van der Waals surface area contributed by atoms with Crippen LogP contribution >= 0.6 is 11.3 Å². The molecule has 3 aromatic rings. The standard InChI is InChI=1S/C27H32N2O4S/c1-18-9-11-19(12-10-18)24(25(30)28-27(2,3)4)29(17-21-8-7-15-34-21)26(31)20-13-14-22(32-5)23(16-20)33-6/h7-16,24H,17H2,1-6H3,(H,28,30). The highest BCUT2D eigenvalue weighted by Crippen LogP contribution is 2.32. The summed E-state index contributed by atoms with van der Waals surface area (Å²) in [5, 5.41) is 5.03. The Hall–Kier alpha value is -3.32. The van der Waals surface area contributed by atoms with Crippen molar-refractivity contribution in [1.29, 1.82) is 0 Å². The van der Waals surface area contributed by atoms with Gasteiger partial charge in [-0.2, -0.15) is 0 Å². The van der Waals surface area contributed by atoms with Crippen molar-refractivity contribution in [2.75, 3.05) is 14.2 Å². The largest absolute Gasteiger partial charge is 0.493 e. The third-order valence-corrected chi connectivity index (χ3v) is 6.11. The zero-order valence-electron chi connectivity index (χ0n) is 20.5. The van der Waals surface area contributed by atoms with Gasteiger partial charge in [0, 0.05) is 16.0 Å². The van der Waals surface area contributed by atoms with Crippen molar-refractivity contribution >= 4 is 23.2 Å². The van der Waals surface area contributed by atoms with Crippen LogP contribution in [0, 0.1) is 6.92 Å². The average molecular weight is 481 g/mol. The minimum Gasteiger partial charge on any atom is -0.493 e. The Morgan fingerprint density at radius 3 is 2.24 bits per heavy atom. The van der Waals surface area contributed by atoms with Crippen LogP contribution in [0.15, 0.2) is 60.0 Å². The molecule has 0 aliphatic heterocycles. The molecule has 1 unspecified atom stereocenters. The summed E-state index contributed by atoms with van der Waals surface area (Å²) < 4.78 is 10.7. The molecule has 0 radical (unpaired) electrons. The van der Waals surface area contributed by atoms with E-state index in [1.54, 1.807) is 41.5 Å². The summed E-state index contributed by atoms with van der Waals surface area (Å²) in [6.45, 7) is 8.07. The normalized spacial score (nSPS) is 12.1. The summed E-state index contributed by atoms with van der Waals surface area (Å²) >= 11 is 1.55. The molecule has 180 valence electrons. The van der Waals surface area contributed by atoms with Gasteiger partial charge in [-0.15, -0.1) is 11.3 Å². The second-order valence-electron chi connectivity index (χ2n) is 9.13. The number of hydrogen-bond donors (Lipinski definition) is 1. The van der Waals surface area contributed by atoms with Crippen LogP contribution in [0.25, 0.3) is 0 Å². The predicted molar refractivity (Wildman–Crippen MR) is 136 cm³/mol. The molecule has 0 aliphatic carbocycles. The molecule has 0 spiro atoms. The van der Waals surface area contributed by atoms with E-state index in [0.29, 0.717) is 23.6 Å². The molecule has 1 heterocycles. The Morgan fingerprint density at radius 2 is 1.68 bits per heavy atom. The van der Waals surface area contributed by atoms with Crippen molar-refractivity contribution in [2.24, 2.45) is 0 Å². The summed E-state index contributed by atoms with van der Waals surface area (Å²) in [7, 11) is 3.08. The van der Waals surface area contributed by atoms with Crippen molar-refractivity contribution < 1.29 is 19.1 Å². The fourth-order valence-corrected chi connectivity index (χ4v) is 4.35. The Morgan fingerprint density at radius 1 is 1.00 bits per heavy atom. The number of methoxy groups -OCH3 is 2. The van der Waals surface area contributed by atoms with E-state index in [4.69, 9.17) is 9.47 Å². The Bertz CT molecular complexity index is 1120. The van der Waals surface area contributed by atoms with Crippen LogP contribution in [0.3, 0.4) is 0 Å². The maximum absolute atomic E-state index is 13.9. The molecule has 1 N–H and O–H groups in total. The first-order valence-corrected chi connectivity index (χ1v) is 11.9. The third kappa shape index (κ3) is 6.17. The van der Waals surface area contributed by atoms with Gasteiger partial charge in [0.25, 0.3) is 5.91 Å². The average Bonchev–Trinajstić information content (AvgIpc) is 3.31. The number of hydrogen-bond acceptors (Lipinski definition) is 5. The minimum atomic E-state index is -0.817. The lowest BCUT2D eigenvalue weighted by molar-refractivity contribution is -0.127. The van der Waals surface area contributed by atoms with Gasteiger partial charge < -0.3 is 19.7 Å². The number of nitrogens with one attached hydrogen (secondary N) is 1. The Kier molecular flexibility index (Phi) is 7.99. The van der Waals surface area contributed by atoms with E-state index < -0.39 is 11.6 Å². The van der Waals surface area contributed by atoms with E-state index in [0.717, 1.165) is 16.0 Å². The number of aryl methyl sites for hydroxylation is 1. The summed E-state index contributed by atoms with van der Waals surface area (Å²) in [4.78, 5) is 30.2. The molecular formula is C27H32N2O4S. The molecule has 0 aliphatic rings. The van der Waals surface area contributed by atoms with Gasteiger partial charge in [-0.05, 0) is 62.9 Å². The first kappa shape index (κ1) is 25.3. The second kappa shape index (κ2) is 10.7. The number of carbonyl (C=O) groups excluding carboxylic acids is 2. The lowest BCUT2D eigenvalue weighted by atomic mass is 9.99. The Labute approximate surface area is 205 Å². The molecule has 2 aromatic carbocycles. The van der Waals surface area contributed by atoms with Crippen molar-refractivity contribution in [2.45, 2.75) is 45.8 Å². The molecule has 2 amide bonds. The molecule has 7 heteroatoms. The Balaban J connectivity index is 2.11. The first-order chi connectivity index (χ1) is 16.1. The first-order valence-electron chi connectivity index (χ1n) is 11.1. The number of ether oxygens (including phenoxy) is 2. The lowest BCUT2D eigenvalue weighted by Crippen LogP contribution is -2.49. The minimum absolute atomic E-state index is 0.235. The van der Waals surface area contributed by atoms with Gasteiger partial charge in [0.2, 0.25) is 5.91 Å². The molecule has 6 nitrogen and oxygen atoms in total. The van der Waals surface area contributed by atoms with Crippen molar-refractivity contribution in [3.8, 4) is 11.5 Å².